The molecule has 0 aromatic carbocycles. The molecule has 3 heteroatoms. The Morgan fingerprint density at radius 3 is 2.69 bits per heavy atom. The van der Waals surface area contributed by atoms with Crippen LogP contribution in [0.3, 0.4) is 0 Å². The topological polar surface area (TPSA) is 39.2 Å². The Morgan fingerprint density at radius 1 is 1.44 bits per heavy atom. The fourth-order valence-electron chi connectivity index (χ4n) is 1.49. The van der Waals surface area contributed by atoms with E-state index >= 15 is 0 Å². The monoisotopic (exact) mass is 221 g/mol. The molecule has 0 fully saturated rings. The number of carbonyl (C=O) groups excluding carboxylic acids is 1. The number of carbonyl (C=O) groups is 1. The highest BCUT2D eigenvalue weighted by atomic mass is 16.5. The van der Waals surface area contributed by atoms with Crippen molar-refractivity contribution in [1.29, 1.82) is 0 Å². The van der Waals surface area contributed by atoms with Crippen LogP contribution in [0.5, 0.6) is 5.75 Å². The minimum atomic E-state index is 0.0631. The zero-order chi connectivity index (χ0) is 12.0. The van der Waals surface area contributed by atoms with Crippen LogP contribution >= 0.6 is 0 Å². The molecule has 1 heterocycles. The van der Waals surface area contributed by atoms with Gasteiger partial charge in [0.05, 0.1) is 12.3 Å². The van der Waals surface area contributed by atoms with Gasteiger partial charge in [0.25, 0.3) is 0 Å². The van der Waals surface area contributed by atoms with Crippen LogP contribution in [0.15, 0.2) is 18.3 Å². The Morgan fingerprint density at radius 2 is 2.19 bits per heavy atom. The fourth-order valence-corrected chi connectivity index (χ4v) is 1.49. The lowest BCUT2D eigenvalue weighted by atomic mass is 10.2. The molecule has 1 rings (SSSR count). The van der Waals surface area contributed by atoms with E-state index in [4.69, 9.17) is 4.74 Å². The molecular formula is C13H19NO2. The van der Waals surface area contributed by atoms with E-state index in [9.17, 15) is 4.79 Å². The minimum absolute atomic E-state index is 0.0631. The number of ketones is 1. The molecule has 0 saturated carbocycles. The second kappa shape index (κ2) is 6.26. The average molecular weight is 221 g/mol. The van der Waals surface area contributed by atoms with Gasteiger partial charge in [0.15, 0.2) is 5.78 Å². The van der Waals surface area contributed by atoms with Gasteiger partial charge in [0, 0.05) is 6.42 Å². The van der Waals surface area contributed by atoms with Crippen molar-refractivity contribution in [2.45, 2.75) is 46.1 Å². The molecule has 0 aliphatic rings. The van der Waals surface area contributed by atoms with Gasteiger partial charge < -0.3 is 4.74 Å². The van der Waals surface area contributed by atoms with E-state index in [1.165, 1.54) is 0 Å². The molecule has 0 aliphatic carbocycles. The average Bonchev–Trinajstić information content (AvgIpc) is 2.29. The highest BCUT2D eigenvalue weighted by molar-refractivity contribution is 5.93. The molecule has 1 aromatic heterocycles. The molecule has 0 saturated heterocycles. The Bertz CT molecular complexity index is 332. The van der Waals surface area contributed by atoms with Crippen LogP contribution in [0.4, 0.5) is 0 Å². The van der Waals surface area contributed by atoms with E-state index in [0.717, 1.165) is 18.6 Å². The molecule has 0 bridgehead atoms. The van der Waals surface area contributed by atoms with Crippen LogP contribution < -0.4 is 4.74 Å². The summed E-state index contributed by atoms with van der Waals surface area (Å²) in [5.74, 6) is 0.793. The molecule has 3 nitrogen and oxygen atoms in total. The molecule has 1 atom stereocenters. The molecule has 0 spiro atoms. The van der Waals surface area contributed by atoms with Gasteiger partial charge in [-0.2, -0.15) is 0 Å². The summed E-state index contributed by atoms with van der Waals surface area (Å²) in [4.78, 5) is 15.4. The van der Waals surface area contributed by atoms with Crippen LogP contribution in [0.25, 0.3) is 0 Å². The van der Waals surface area contributed by atoms with Crippen molar-refractivity contribution in [3.63, 3.8) is 0 Å². The molecule has 1 aromatic rings. The molecule has 1 unspecified atom stereocenters. The van der Waals surface area contributed by atoms with Crippen molar-refractivity contribution in [3.8, 4) is 5.75 Å². The van der Waals surface area contributed by atoms with Crippen molar-refractivity contribution in [2.75, 3.05) is 0 Å². The van der Waals surface area contributed by atoms with Gasteiger partial charge in [-0.3, -0.25) is 4.79 Å². The second-order valence-electron chi connectivity index (χ2n) is 3.87. The number of aromatic nitrogens is 1. The number of nitrogens with zero attached hydrogens (tertiary/aromatic N) is 1. The Hall–Kier alpha value is -1.38. The number of hydrogen-bond acceptors (Lipinski definition) is 3. The van der Waals surface area contributed by atoms with E-state index in [2.05, 4.69) is 11.9 Å². The second-order valence-corrected chi connectivity index (χ2v) is 3.87. The zero-order valence-corrected chi connectivity index (χ0v) is 10.2. The third-order valence-electron chi connectivity index (χ3n) is 2.38. The summed E-state index contributed by atoms with van der Waals surface area (Å²) in [6, 6.07) is 3.53. The summed E-state index contributed by atoms with van der Waals surface area (Å²) >= 11 is 0. The van der Waals surface area contributed by atoms with Gasteiger partial charge >= 0.3 is 0 Å². The highest BCUT2D eigenvalue weighted by Crippen LogP contribution is 2.13. The van der Waals surface area contributed by atoms with E-state index in [0.29, 0.717) is 12.1 Å². The first-order valence-corrected chi connectivity index (χ1v) is 5.83. The normalized spacial score (nSPS) is 12.2. The first kappa shape index (κ1) is 12.7. The first-order chi connectivity index (χ1) is 7.67. The lowest BCUT2D eigenvalue weighted by Gasteiger charge is -2.13. The first-order valence-electron chi connectivity index (χ1n) is 5.83. The summed E-state index contributed by atoms with van der Waals surface area (Å²) in [6.07, 6.45) is 4.42. The molecule has 0 aliphatic heterocycles. The smallest absolute Gasteiger partial charge is 0.180 e. The molecule has 16 heavy (non-hydrogen) atoms. The van der Waals surface area contributed by atoms with Gasteiger partial charge in [0.1, 0.15) is 11.4 Å². The zero-order valence-electron chi connectivity index (χ0n) is 10.2. The van der Waals surface area contributed by atoms with Gasteiger partial charge in [-0.25, -0.2) is 4.98 Å². The number of ether oxygens (including phenoxy) is 1. The SMILES string of the molecule is CCCC(C)Oc1ccc(C(=O)CC)nc1. The predicted octanol–water partition coefficient (Wildman–Crippen LogP) is 3.24. The van der Waals surface area contributed by atoms with Crippen LogP contribution in [-0.2, 0) is 0 Å². The van der Waals surface area contributed by atoms with Gasteiger partial charge in [-0.05, 0) is 25.5 Å². The van der Waals surface area contributed by atoms with E-state index in [1.54, 1.807) is 12.3 Å². The number of hydrogen-bond donors (Lipinski definition) is 0. The third-order valence-corrected chi connectivity index (χ3v) is 2.38. The van der Waals surface area contributed by atoms with Crippen LogP contribution in [0.2, 0.25) is 0 Å². The van der Waals surface area contributed by atoms with E-state index in [1.807, 2.05) is 19.9 Å². The summed E-state index contributed by atoms with van der Waals surface area (Å²) in [6.45, 7) is 5.99. The lowest BCUT2D eigenvalue weighted by molar-refractivity contribution is 0.0983. The maximum atomic E-state index is 11.3. The molecule has 88 valence electrons. The molecule has 0 amide bonds. The number of pyridine rings is 1. The van der Waals surface area contributed by atoms with Crippen molar-refractivity contribution >= 4 is 5.78 Å². The van der Waals surface area contributed by atoms with Crippen molar-refractivity contribution < 1.29 is 9.53 Å². The van der Waals surface area contributed by atoms with Gasteiger partial charge in [0.2, 0.25) is 0 Å². The number of Topliss-reactive ketones (excluding diaryl/α,β-unsaturated/α-hetero) is 1. The van der Waals surface area contributed by atoms with Gasteiger partial charge in [-0.15, -0.1) is 0 Å². The summed E-state index contributed by atoms with van der Waals surface area (Å²) < 4.78 is 5.65. The largest absolute Gasteiger partial charge is 0.489 e. The maximum Gasteiger partial charge on any atom is 0.180 e. The molecule has 0 radical (unpaired) electrons. The van der Waals surface area contributed by atoms with Crippen molar-refractivity contribution in [2.24, 2.45) is 0 Å². The highest BCUT2D eigenvalue weighted by Gasteiger charge is 2.06. The fraction of sp³-hybridized carbons (Fsp3) is 0.538. The van der Waals surface area contributed by atoms with Crippen molar-refractivity contribution in [3.05, 3.63) is 24.0 Å². The third kappa shape index (κ3) is 3.65. The van der Waals surface area contributed by atoms with Gasteiger partial charge in [-0.1, -0.05) is 20.3 Å². The van der Waals surface area contributed by atoms with Crippen LogP contribution in [0, 0.1) is 0 Å². The standard InChI is InChI=1S/C13H19NO2/c1-4-6-10(3)16-11-7-8-12(14-9-11)13(15)5-2/h7-10H,4-6H2,1-3H3. The van der Waals surface area contributed by atoms with E-state index < -0.39 is 0 Å². The van der Waals surface area contributed by atoms with E-state index in [-0.39, 0.29) is 11.9 Å². The summed E-state index contributed by atoms with van der Waals surface area (Å²) in [5.41, 5.74) is 0.512. The summed E-state index contributed by atoms with van der Waals surface area (Å²) in [7, 11) is 0. The Labute approximate surface area is 96.8 Å². The molecular weight excluding hydrogens is 202 g/mol. The minimum Gasteiger partial charge on any atom is -0.489 e. The van der Waals surface area contributed by atoms with Crippen molar-refractivity contribution in [1.82, 2.24) is 4.98 Å². The quantitative estimate of drug-likeness (QED) is 0.692. The maximum absolute atomic E-state index is 11.3. The molecule has 0 N–H and O–H groups in total. The number of rotatable bonds is 6. The lowest BCUT2D eigenvalue weighted by Crippen LogP contribution is -2.11. The van der Waals surface area contributed by atoms with Crippen LogP contribution in [0.1, 0.15) is 50.5 Å². The predicted molar refractivity (Wildman–Crippen MR) is 63.9 cm³/mol. The van der Waals surface area contributed by atoms with Crippen LogP contribution in [-0.4, -0.2) is 16.9 Å². The Balaban J connectivity index is 2.61. The summed E-state index contributed by atoms with van der Waals surface area (Å²) in [5, 5.41) is 0. The Kier molecular flexibility index (Phi) is 4.96.